The molecule has 3 nitrogen and oxygen atoms in total. The van der Waals surface area contributed by atoms with Crippen molar-refractivity contribution in [1.82, 2.24) is 15.4 Å². The summed E-state index contributed by atoms with van der Waals surface area (Å²) in [4.78, 5) is 0. The van der Waals surface area contributed by atoms with Gasteiger partial charge in [0.15, 0.2) is 0 Å². The fraction of sp³-hybridized carbons (Fsp3) is 0.500. The Kier molecular flexibility index (Phi) is 3.29. The molecule has 0 unspecified atom stereocenters. The van der Waals surface area contributed by atoms with Crippen molar-refractivity contribution < 1.29 is 0 Å². The molecule has 55 valence electrons. The van der Waals surface area contributed by atoms with Crippen LogP contribution in [0.25, 0.3) is 0 Å². The number of hydrogen-bond donors (Lipinski definition) is 1. The van der Waals surface area contributed by atoms with Gasteiger partial charge in [-0.15, -0.1) is 16.9 Å². The quantitative estimate of drug-likeness (QED) is 0.530. The molecule has 1 rings (SSSR count). The summed E-state index contributed by atoms with van der Waals surface area (Å²) in [6.45, 7) is 3.75. The standard InChI is InChI=1S/C6H10N3S/c1-2-3-4-10-6-5-7-9-8-6/h5H,1-4H2,(H,7,8,9). The predicted octanol–water partition coefficient (Wildman–Crippen LogP) is 1.51. The molecule has 0 spiro atoms. The number of hydrogen-bond acceptors (Lipinski definition) is 3. The average molecular weight is 156 g/mol. The van der Waals surface area contributed by atoms with Gasteiger partial charge in [0.05, 0.1) is 6.20 Å². The topological polar surface area (TPSA) is 41.6 Å². The molecule has 0 aliphatic carbocycles. The molecule has 0 atom stereocenters. The summed E-state index contributed by atoms with van der Waals surface area (Å²) in [5.41, 5.74) is 0. The third kappa shape index (κ3) is 2.39. The van der Waals surface area contributed by atoms with Crippen LogP contribution in [0.1, 0.15) is 12.8 Å². The largest absolute Gasteiger partial charge is 0.264 e. The van der Waals surface area contributed by atoms with E-state index in [1.807, 2.05) is 0 Å². The molecule has 10 heavy (non-hydrogen) atoms. The van der Waals surface area contributed by atoms with Gasteiger partial charge in [0.1, 0.15) is 5.03 Å². The van der Waals surface area contributed by atoms with Crippen LogP contribution in [0.4, 0.5) is 0 Å². The third-order valence-electron chi connectivity index (χ3n) is 1.04. The van der Waals surface area contributed by atoms with E-state index in [1.54, 1.807) is 18.0 Å². The first-order chi connectivity index (χ1) is 4.93. The minimum Gasteiger partial charge on any atom is -0.264 e. The maximum absolute atomic E-state index is 3.83. The second kappa shape index (κ2) is 4.33. The highest BCUT2D eigenvalue weighted by Gasteiger charge is 1.93. The van der Waals surface area contributed by atoms with E-state index in [0.29, 0.717) is 0 Å². The maximum atomic E-state index is 3.83. The molecule has 1 aromatic rings. The van der Waals surface area contributed by atoms with Crippen LogP contribution in [0, 0.1) is 6.92 Å². The van der Waals surface area contributed by atoms with E-state index in [9.17, 15) is 0 Å². The Balaban J connectivity index is 2.15. The van der Waals surface area contributed by atoms with E-state index in [2.05, 4.69) is 22.3 Å². The Labute approximate surface area is 64.6 Å². The molecule has 0 aliphatic rings. The minimum atomic E-state index is 0.966. The molecule has 1 aromatic heterocycles. The van der Waals surface area contributed by atoms with Gasteiger partial charge in [0.25, 0.3) is 0 Å². The van der Waals surface area contributed by atoms with Crippen molar-refractivity contribution in [3.05, 3.63) is 13.1 Å². The molecule has 0 saturated carbocycles. The average Bonchev–Trinajstić information content (AvgIpc) is 2.41. The van der Waals surface area contributed by atoms with Gasteiger partial charge in [-0.2, -0.15) is 0 Å². The summed E-state index contributed by atoms with van der Waals surface area (Å²) in [7, 11) is 0. The first kappa shape index (κ1) is 7.60. The first-order valence-electron chi connectivity index (χ1n) is 3.22. The van der Waals surface area contributed by atoms with Crippen molar-refractivity contribution in [3.8, 4) is 0 Å². The number of H-pyrrole nitrogens is 1. The summed E-state index contributed by atoms with van der Waals surface area (Å²) in [5, 5.41) is 11.0. The van der Waals surface area contributed by atoms with Gasteiger partial charge < -0.3 is 0 Å². The van der Waals surface area contributed by atoms with Gasteiger partial charge in [-0.1, -0.05) is 18.6 Å². The van der Waals surface area contributed by atoms with E-state index in [4.69, 9.17) is 0 Å². The molecule has 0 saturated heterocycles. The predicted molar refractivity (Wildman–Crippen MR) is 41.7 cm³/mol. The SMILES string of the molecule is [CH2]CCCSc1c[nH]nn1. The van der Waals surface area contributed by atoms with Crippen molar-refractivity contribution in [2.75, 3.05) is 5.75 Å². The maximum Gasteiger partial charge on any atom is 0.138 e. The molecule has 1 heterocycles. The van der Waals surface area contributed by atoms with Gasteiger partial charge in [-0.25, -0.2) is 0 Å². The Hall–Kier alpha value is -0.510. The van der Waals surface area contributed by atoms with Crippen molar-refractivity contribution >= 4 is 11.8 Å². The lowest BCUT2D eigenvalue weighted by Gasteiger charge is -1.91. The molecule has 4 heteroatoms. The van der Waals surface area contributed by atoms with E-state index in [-0.39, 0.29) is 0 Å². The van der Waals surface area contributed by atoms with Crippen molar-refractivity contribution in [2.24, 2.45) is 0 Å². The Bertz CT molecular complexity index is 162. The lowest BCUT2D eigenvalue weighted by atomic mass is 10.4. The zero-order chi connectivity index (χ0) is 7.23. The smallest absolute Gasteiger partial charge is 0.138 e. The van der Waals surface area contributed by atoms with E-state index in [1.165, 1.54) is 0 Å². The molecule has 1 radical (unpaired) electrons. The molecule has 0 aliphatic heterocycles. The highest BCUT2D eigenvalue weighted by atomic mass is 32.2. The number of rotatable bonds is 4. The molecular weight excluding hydrogens is 146 g/mol. The lowest BCUT2D eigenvalue weighted by molar-refractivity contribution is 0.908. The lowest BCUT2D eigenvalue weighted by Crippen LogP contribution is -1.77. The summed E-state index contributed by atoms with van der Waals surface area (Å²) >= 11 is 1.71. The van der Waals surface area contributed by atoms with Crippen LogP contribution in [0.5, 0.6) is 0 Å². The number of nitrogens with one attached hydrogen (secondary N) is 1. The second-order valence-corrected chi connectivity index (χ2v) is 2.98. The number of aromatic amines is 1. The molecule has 0 aromatic carbocycles. The highest BCUT2D eigenvalue weighted by Crippen LogP contribution is 2.13. The molecule has 1 N–H and O–H groups in total. The zero-order valence-corrected chi connectivity index (χ0v) is 6.52. The van der Waals surface area contributed by atoms with E-state index < -0.39 is 0 Å². The van der Waals surface area contributed by atoms with Crippen LogP contribution in [0.15, 0.2) is 11.2 Å². The van der Waals surface area contributed by atoms with Gasteiger partial charge >= 0.3 is 0 Å². The third-order valence-corrected chi connectivity index (χ3v) is 2.03. The van der Waals surface area contributed by atoms with Crippen LogP contribution >= 0.6 is 11.8 Å². The van der Waals surface area contributed by atoms with Crippen LogP contribution < -0.4 is 0 Å². The van der Waals surface area contributed by atoms with Crippen LogP contribution in [-0.4, -0.2) is 21.2 Å². The minimum absolute atomic E-state index is 0.966. The van der Waals surface area contributed by atoms with Gasteiger partial charge in [-0.3, -0.25) is 5.10 Å². The molecular formula is C6H10N3S. The Morgan fingerprint density at radius 1 is 1.70 bits per heavy atom. The second-order valence-electron chi connectivity index (χ2n) is 1.87. The van der Waals surface area contributed by atoms with Crippen LogP contribution in [0.2, 0.25) is 0 Å². The zero-order valence-electron chi connectivity index (χ0n) is 5.71. The van der Waals surface area contributed by atoms with E-state index in [0.717, 1.165) is 23.6 Å². The van der Waals surface area contributed by atoms with Crippen LogP contribution in [0.3, 0.4) is 0 Å². The van der Waals surface area contributed by atoms with E-state index >= 15 is 0 Å². The normalized spacial score (nSPS) is 10.1. The summed E-state index contributed by atoms with van der Waals surface area (Å²) in [6, 6.07) is 0. The highest BCUT2D eigenvalue weighted by molar-refractivity contribution is 7.99. The van der Waals surface area contributed by atoms with Gasteiger partial charge in [-0.05, 0) is 12.2 Å². The Morgan fingerprint density at radius 2 is 2.60 bits per heavy atom. The van der Waals surface area contributed by atoms with Gasteiger partial charge in [0, 0.05) is 0 Å². The van der Waals surface area contributed by atoms with Crippen molar-refractivity contribution in [3.63, 3.8) is 0 Å². The fourth-order valence-corrected chi connectivity index (χ4v) is 1.33. The number of unbranched alkanes of at least 4 members (excludes halogenated alkanes) is 1. The number of aromatic nitrogens is 3. The molecule has 0 fully saturated rings. The van der Waals surface area contributed by atoms with Crippen molar-refractivity contribution in [1.29, 1.82) is 0 Å². The summed E-state index contributed by atoms with van der Waals surface area (Å²) in [5.74, 6) is 1.08. The number of nitrogens with zero attached hydrogens (tertiary/aromatic N) is 2. The van der Waals surface area contributed by atoms with Gasteiger partial charge in [0.2, 0.25) is 0 Å². The summed E-state index contributed by atoms with van der Waals surface area (Å²) in [6.07, 6.45) is 3.93. The monoisotopic (exact) mass is 156 g/mol. The fourth-order valence-electron chi connectivity index (χ4n) is 0.540. The molecule has 0 amide bonds. The molecule has 0 bridgehead atoms. The first-order valence-corrected chi connectivity index (χ1v) is 4.20. The van der Waals surface area contributed by atoms with Crippen molar-refractivity contribution in [2.45, 2.75) is 17.9 Å². The Morgan fingerprint density at radius 3 is 3.20 bits per heavy atom. The summed E-state index contributed by atoms with van der Waals surface area (Å²) < 4.78 is 0. The van der Waals surface area contributed by atoms with Crippen LogP contribution in [-0.2, 0) is 0 Å². The number of thioether (sulfide) groups is 1.